The van der Waals surface area contributed by atoms with E-state index >= 15 is 0 Å². The molecule has 4 heterocycles. The van der Waals surface area contributed by atoms with E-state index in [1.165, 1.54) is 17.7 Å². The average molecular weight is 393 g/mol. The van der Waals surface area contributed by atoms with Crippen LogP contribution in [-0.2, 0) is 18.3 Å². The van der Waals surface area contributed by atoms with Crippen LogP contribution in [0.4, 0.5) is 11.6 Å². The number of fused-ring (bicyclic) bond motifs is 2. The molecule has 0 bridgehead atoms. The van der Waals surface area contributed by atoms with E-state index in [9.17, 15) is 0 Å². The van der Waals surface area contributed by atoms with Crippen LogP contribution in [0.1, 0.15) is 50.1 Å². The first-order valence-corrected chi connectivity index (χ1v) is 10.4. The molecule has 8 nitrogen and oxygen atoms in total. The highest BCUT2D eigenvalue weighted by Gasteiger charge is 2.34. The topological polar surface area (TPSA) is 75.3 Å². The predicted molar refractivity (Wildman–Crippen MR) is 113 cm³/mol. The van der Waals surface area contributed by atoms with Gasteiger partial charge in [0.25, 0.3) is 0 Å². The molecule has 0 amide bonds. The van der Waals surface area contributed by atoms with Crippen LogP contribution in [-0.4, -0.2) is 56.0 Å². The van der Waals surface area contributed by atoms with Crippen LogP contribution in [0, 0.1) is 6.92 Å². The second-order valence-corrected chi connectivity index (χ2v) is 9.28. The zero-order valence-corrected chi connectivity index (χ0v) is 17.8. The molecular weight excluding hydrogens is 364 g/mol. The summed E-state index contributed by atoms with van der Waals surface area (Å²) in [5.41, 5.74) is 3.27. The second-order valence-electron chi connectivity index (χ2n) is 9.28. The molecule has 0 aromatic carbocycles. The standard InChI is InChI=1S/C21H28N8/c1-13-22-16-8-6-7-15(16)19(23-13)27(5)14-11-28(12-14)18-10-9-17-24-25-20(21(2,3)4)29(17)26-18/h9-10,14H,6-8,11-12H2,1-5H3. The molecule has 29 heavy (non-hydrogen) atoms. The van der Waals surface area contributed by atoms with Crippen LogP contribution in [0.25, 0.3) is 5.65 Å². The number of aryl methyl sites for hydroxylation is 2. The monoisotopic (exact) mass is 392 g/mol. The lowest BCUT2D eigenvalue weighted by Gasteiger charge is -2.45. The Morgan fingerprint density at radius 1 is 1.07 bits per heavy atom. The number of anilines is 2. The minimum Gasteiger partial charge on any atom is -0.353 e. The third kappa shape index (κ3) is 3.01. The van der Waals surface area contributed by atoms with E-state index in [4.69, 9.17) is 10.1 Å². The first kappa shape index (κ1) is 18.3. The molecule has 1 fully saturated rings. The number of rotatable bonds is 3. The van der Waals surface area contributed by atoms with Gasteiger partial charge in [-0.2, -0.15) is 4.52 Å². The van der Waals surface area contributed by atoms with E-state index in [1.807, 2.05) is 23.6 Å². The SMILES string of the molecule is Cc1nc2c(c(N(C)C3CN(c4ccc5nnc(C(C)(C)C)n5n4)C3)n1)CCC2. The summed E-state index contributed by atoms with van der Waals surface area (Å²) in [7, 11) is 2.16. The summed E-state index contributed by atoms with van der Waals surface area (Å²) in [6.45, 7) is 10.3. The third-order valence-electron chi connectivity index (χ3n) is 6.01. The molecule has 5 rings (SSSR count). The van der Waals surface area contributed by atoms with Crippen LogP contribution < -0.4 is 9.80 Å². The van der Waals surface area contributed by atoms with Crippen molar-refractivity contribution in [1.29, 1.82) is 0 Å². The number of hydrogen-bond acceptors (Lipinski definition) is 7. The second kappa shape index (κ2) is 6.37. The van der Waals surface area contributed by atoms with Gasteiger partial charge in [0.15, 0.2) is 11.5 Å². The van der Waals surface area contributed by atoms with Crippen LogP contribution in [0.5, 0.6) is 0 Å². The highest BCUT2D eigenvalue weighted by atomic mass is 15.4. The van der Waals surface area contributed by atoms with Crippen molar-refractivity contribution in [2.24, 2.45) is 0 Å². The van der Waals surface area contributed by atoms with Gasteiger partial charge in [-0.15, -0.1) is 15.3 Å². The van der Waals surface area contributed by atoms with E-state index in [1.54, 1.807) is 0 Å². The summed E-state index contributed by atoms with van der Waals surface area (Å²) in [6.07, 6.45) is 3.35. The van der Waals surface area contributed by atoms with Gasteiger partial charge in [-0.25, -0.2) is 9.97 Å². The minimum atomic E-state index is -0.103. The van der Waals surface area contributed by atoms with Crippen molar-refractivity contribution in [1.82, 2.24) is 29.8 Å². The van der Waals surface area contributed by atoms with E-state index in [2.05, 4.69) is 52.8 Å². The molecule has 8 heteroatoms. The average Bonchev–Trinajstić information content (AvgIpc) is 3.25. The molecule has 0 unspecified atom stereocenters. The Hall–Kier alpha value is -2.77. The van der Waals surface area contributed by atoms with Gasteiger partial charge in [-0.3, -0.25) is 0 Å². The fourth-order valence-electron chi connectivity index (χ4n) is 4.30. The lowest BCUT2D eigenvalue weighted by molar-refractivity contribution is 0.482. The van der Waals surface area contributed by atoms with Gasteiger partial charge < -0.3 is 9.80 Å². The van der Waals surface area contributed by atoms with E-state index in [0.29, 0.717) is 6.04 Å². The number of nitrogens with zero attached hydrogens (tertiary/aromatic N) is 8. The molecule has 1 aliphatic heterocycles. The summed E-state index contributed by atoms with van der Waals surface area (Å²) >= 11 is 0. The molecule has 3 aromatic heterocycles. The summed E-state index contributed by atoms with van der Waals surface area (Å²) in [6, 6.07) is 4.47. The largest absolute Gasteiger partial charge is 0.353 e. The van der Waals surface area contributed by atoms with Crippen molar-refractivity contribution in [3.05, 3.63) is 35.0 Å². The van der Waals surface area contributed by atoms with Gasteiger partial charge in [0, 0.05) is 36.8 Å². The van der Waals surface area contributed by atoms with Gasteiger partial charge in [0.1, 0.15) is 17.5 Å². The Labute approximate surface area is 171 Å². The molecule has 1 saturated heterocycles. The van der Waals surface area contributed by atoms with E-state index in [0.717, 1.165) is 54.9 Å². The zero-order valence-electron chi connectivity index (χ0n) is 17.8. The van der Waals surface area contributed by atoms with Gasteiger partial charge in [0.05, 0.1) is 6.04 Å². The van der Waals surface area contributed by atoms with E-state index < -0.39 is 0 Å². The molecule has 3 aromatic rings. The maximum absolute atomic E-state index is 4.84. The molecule has 0 N–H and O–H groups in total. The molecule has 152 valence electrons. The number of likely N-dealkylation sites (N-methyl/N-ethyl adjacent to an activating group) is 1. The highest BCUT2D eigenvalue weighted by Crippen LogP contribution is 2.32. The van der Waals surface area contributed by atoms with Crippen molar-refractivity contribution in [2.45, 2.75) is 58.4 Å². The first-order valence-electron chi connectivity index (χ1n) is 10.4. The van der Waals surface area contributed by atoms with Crippen molar-refractivity contribution in [3.8, 4) is 0 Å². The first-order chi connectivity index (χ1) is 13.8. The Morgan fingerprint density at radius 3 is 2.62 bits per heavy atom. The van der Waals surface area contributed by atoms with E-state index in [-0.39, 0.29) is 5.41 Å². The molecule has 1 aliphatic carbocycles. The molecule has 0 radical (unpaired) electrons. The van der Waals surface area contributed by atoms with Gasteiger partial charge in [-0.1, -0.05) is 20.8 Å². The lowest BCUT2D eigenvalue weighted by Crippen LogP contribution is -2.59. The summed E-state index contributed by atoms with van der Waals surface area (Å²) in [5.74, 6) is 3.84. The summed E-state index contributed by atoms with van der Waals surface area (Å²) in [5, 5.41) is 13.4. The van der Waals surface area contributed by atoms with Crippen LogP contribution >= 0.6 is 0 Å². The Kier molecular flexibility index (Phi) is 4.01. The van der Waals surface area contributed by atoms with Crippen LogP contribution in [0.15, 0.2) is 12.1 Å². The molecule has 0 saturated carbocycles. The normalized spacial score (nSPS) is 16.9. The highest BCUT2D eigenvalue weighted by molar-refractivity contribution is 5.55. The van der Waals surface area contributed by atoms with Gasteiger partial charge >= 0.3 is 0 Å². The Bertz CT molecular complexity index is 1070. The fourth-order valence-corrected chi connectivity index (χ4v) is 4.30. The van der Waals surface area contributed by atoms with Crippen molar-refractivity contribution in [3.63, 3.8) is 0 Å². The van der Waals surface area contributed by atoms with Gasteiger partial charge in [-0.05, 0) is 38.3 Å². The fraction of sp³-hybridized carbons (Fsp3) is 0.571. The minimum absolute atomic E-state index is 0.103. The zero-order chi connectivity index (χ0) is 20.3. The predicted octanol–water partition coefficient (Wildman–Crippen LogP) is 2.33. The summed E-state index contributed by atoms with van der Waals surface area (Å²) < 4.78 is 1.88. The Morgan fingerprint density at radius 2 is 1.86 bits per heavy atom. The third-order valence-corrected chi connectivity index (χ3v) is 6.01. The summed E-state index contributed by atoms with van der Waals surface area (Å²) in [4.78, 5) is 14.1. The molecule has 2 aliphatic rings. The number of aromatic nitrogens is 6. The maximum Gasteiger partial charge on any atom is 0.178 e. The molecule has 0 atom stereocenters. The number of hydrogen-bond donors (Lipinski definition) is 0. The molecular formula is C21H28N8. The van der Waals surface area contributed by atoms with Crippen molar-refractivity contribution < 1.29 is 0 Å². The van der Waals surface area contributed by atoms with Crippen molar-refractivity contribution >= 4 is 17.3 Å². The van der Waals surface area contributed by atoms with Crippen LogP contribution in [0.3, 0.4) is 0 Å². The maximum atomic E-state index is 4.84. The van der Waals surface area contributed by atoms with Gasteiger partial charge in [0.2, 0.25) is 0 Å². The molecule has 0 spiro atoms. The smallest absolute Gasteiger partial charge is 0.178 e. The lowest BCUT2D eigenvalue weighted by atomic mass is 9.96. The van der Waals surface area contributed by atoms with Crippen molar-refractivity contribution in [2.75, 3.05) is 29.9 Å². The quantitative estimate of drug-likeness (QED) is 0.677. The Balaban J connectivity index is 1.36. The van der Waals surface area contributed by atoms with Crippen LogP contribution in [0.2, 0.25) is 0 Å².